The third kappa shape index (κ3) is 4.06. The highest BCUT2D eigenvalue weighted by molar-refractivity contribution is 9.10. The number of carbonyl (C=O) groups is 1. The van der Waals surface area contributed by atoms with Crippen LogP contribution in [0.25, 0.3) is 0 Å². The van der Waals surface area contributed by atoms with E-state index in [1.165, 1.54) is 19.2 Å². The van der Waals surface area contributed by atoms with Crippen molar-refractivity contribution >= 4 is 27.6 Å². The number of esters is 1. The lowest BCUT2D eigenvalue weighted by Gasteiger charge is -2.12. The zero-order chi connectivity index (χ0) is 13.8. The highest BCUT2D eigenvalue weighted by Gasteiger charge is 2.33. The molecule has 0 radical (unpaired) electrons. The number of benzene rings is 1. The summed E-state index contributed by atoms with van der Waals surface area (Å²) in [4.78, 5) is 10.8. The molecule has 0 fully saturated rings. The number of methoxy groups -OCH3 is 1. The minimum Gasteiger partial charge on any atom is -0.466 e. The average Bonchev–Trinajstić information content (AvgIpc) is 2.29. The van der Waals surface area contributed by atoms with E-state index in [1.54, 1.807) is 0 Å². The Kier molecular flexibility index (Phi) is 4.77. The lowest BCUT2D eigenvalue weighted by atomic mass is 10.1. The summed E-state index contributed by atoms with van der Waals surface area (Å²) < 4.78 is 42.7. The largest absolute Gasteiger partial charge is 0.466 e. The van der Waals surface area contributed by atoms with Crippen molar-refractivity contribution in [3.63, 3.8) is 0 Å². The number of carbonyl (C=O) groups excluding carboxylic acids is 1. The van der Waals surface area contributed by atoms with Gasteiger partial charge in [0.2, 0.25) is 0 Å². The van der Waals surface area contributed by atoms with E-state index in [0.29, 0.717) is 4.47 Å². The van der Waals surface area contributed by atoms with E-state index in [0.717, 1.165) is 18.3 Å². The van der Waals surface area contributed by atoms with Crippen LogP contribution in [0.5, 0.6) is 0 Å². The zero-order valence-corrected chi connectivity index (χ0v) is 10.8. The molecule has 3 nitrogen and oxygen atoms in total. The van der Waals surface area contributed by atoms with Gasteiger partial charge in [-0.1, -0.05) is 15.9 Å². The predicted octanol–water partition coefficient (Wildman–Crippen LogP) is 3.57. The predicted molar refractivity (Wildman–Crippen MR) is 63.9 cm³/mol. The van der Waals surface area contributed by atoms with Crippen LogP contribution in [-0.2, 0) is 15.7 Å². The molecule has 0 amide bonds. The van der Waals surface area contributed by atoms with E-state index < -0.39 is 17.7 Å². The number of anilines is 1. The van der Waals surface area contributed by atoms with E-state index in [9.17, 15) is 18.0 Å². The van der Waals surface area contributed by atoms with Crippen molar-refractivity contribution in [3.8, 4) is 0 Å². The summed E-state index contributed by atoms with van der Waals surface area (Å²) in [5, 5.41) is 2.39. The topological polar surface area (TPSA) is 38.3 Å². The second-order valence-electron chi connectivity index (χ2n) is 3.19. The van der Waals surface area contributed by atoms with E-state index in [2.05, 4.69) is 26.0 Å². The van der Waals surface area contributed by atoms with E-state index >= 15 is 0 Å². The maximum absolute atomic E-state index is 12.7. The number of nitrogens with one attached hydrogen (secondary N) is 1. The first-order chi connectivity index (χ1) is 8.34. The third-order valence-corrected chi connectivity index (χ3v) is 2.44. The Morgan fingerprint density at radius 3 is 2.67 bits per heavy atom. The van der Waals surface area contributed by atoms with Gasteiger partial charge in [-0.05, 0) is 18.2 Å². The molecule has 1 N–H and O–H groups in total. The minimum absolute atomic E-state index is 0.147. The van der Waals surface area contributed by atoms with Crippen molar-refractivity contribution in [2.24, 2.45) is 0 Å². The van der Waals surface area contributed by atoms with Crippen molar-refractivity contribution in [2.75, 3.05) is 12.4 Å². The van der Waals surface area contributed by atoms with Gasteiger partial charge in [0.25, 0.3) is 0 Å². The van der Waals surface area contributed by atoms with Crippen molar-refractivity contribution in [1.82, 2.24) is 0 Å². The molecule has 98 valence electrons. The first-order valence-electron chi connectivity index (χ1n) is 4.72. The first kappa shape index (κ1) is 14.6. The van der Waals surface area contributed by atoms with Gasteiger partial charge in [0.05, 0.1) is 18.4 Å². The van der Waals surface area contributed by atoms with Gasteiger partial charge < -0.3 is 10.1 Å². The summed E-state index contributed by atoms with van der Waals surface area (Å²) in [5.41, 5.74) is -0.975. The molecular formula is C11H9BrF3NO2. The van der Waals surface area contributed by atoms with Crippen molar-refractivity contribution < 1.29 is 22.7 Å². The number of hydrogen-bond acceptors (Lipinski definition) is 3. The molecule has 0 aliphatic heterocycles. The van der Waals surface area contributed by atoms with Crippen LogP contribution in [0.4, 0.5) is 18.9 Å². The van der Waals surface area contributed by atoms with Crippen molar-refractivity contribution in [3.05, 3.63) is 40.5 Å². The average molecular weight is 324 g/mol. The number of rotatable bonds is 3. The fourth-order valence-corrected chi connectivity index (χ4v) is 1.51. The summed E-state index contributed by atoms with van der Waals surface area (Å²) in [6.07, 6.45) is -2.41. The minimum atomic E-state index is -4.48. The molecule has 7 heteroatoms. The molecule has 0 heterocycles. The molecule has 1 rings (SSSR count). The quantitative estimate of drug-likeness (QED) is 0.682. The molecule has 1 aromatic rings. The van der Waals surface area contributed by atoms with Gasteiger partial charge >= 0.3 is 12.1 Å². The van der Waals surface area contributed by atoms with Gasteiger partial charge in [-0.3, -0.25) is 0 Å². The SMILES string of the molecule is COC(=O)/C=C/Nc1ccc(Br)cc1C(F)(F)F. The molecule has 1 aromatic carbocycles. The number of alkyl halides is 3. The smallest absolute Gasteiger partial charge is 0.418 e. The van der Waals surface area contributed by atoms with Crippen LogP contribution in [0.3, 0.4) is 0 Å². The lowest BCUT2D eigenvalue weighted by molar-refractivity contribution is -0.137. The summed E-state index contributed by atoms with van der Waals surface area (Å²) in [5.74, 6) is -0.659. The lowest BCUT2D eigenvalue weighted by Crippen LogP contribution is -2.08. The van der Waals surface area contributed by atoms with Crippen molar-refractivity contribution in [2.45, 2.75) is 6.18 Å². The first-order valence-corrected chi connectivity index (χ1v) is 5.51. The van der Waals surface area contributed by atoms with Crippen LogP contribution in [0.1, 0.15) is 5.56 Å². The van der Waals surface area contributed by atoms with E-state index in [4.69, 9.17) is 0 Å². The monoisotopic (exact) mass is 323 g/mol. The molecule has 0 spiro atoms. The molecule has 0 aromatic heterocycles. The highest BCUT2D eigenvalue weighted by atomic mass is 79.9. The molecule has 0 aliphatic rings. The number of hydrogen-bond donors (Lipinski definition) is 1. The Labute approximate surface area is 110 Å². The number of halogens is 4. The van der Waals surface area contributed by atoms with Gasteiger partial charge in [0.15, 0.2) is 0 Å². The molecular weight excluding hydrogens is 315 g/mol. The van der Waals surface area contributed by atoms with Crippen molar-refractivity contribution in [1.29, 1.82) is 0 Å². The molecule has 18 heavy (non-hydrogen) atoms. The molecule has 0 saturated carbocycles. The van der Waals surface area contributed by atoms with Crippen LogP contribution in [0, 0.1) is 0 Å². The highest BCUT2D eigenvalue weighted by Crippen LogP contribution is 2.36. The zero-order valence-electron chi connectivity index (χ0n) is 9.22. The van der Waals surface area contributed by atoms with Gasteiger partial charge in [-0.25, -0.2) is 4.79 Å². The standard InChI is InChI=1S/C11H9BrF3NO2/c1-18-10(17)4-5-16-9-3-2-7(12)6-8(9)11(13,14)15/h2-6,16H,1H3/b5-4+. The summed E-state index contributed by atoms with van der Waals surface area (Å²) in [6.45, 7) is 0. The van der Waals surface area contributed by atoms with Crippen LogP contribution in [-0.4, -0.2) is 13.1 Å². The Hall–Kier alpha value is -1.50. The summed E-state index contributed by atoms with van der Waals surface area (Å²) in [7, 11) is 1.17. The molecule has 0 atom stereocenters. The van der Waals surface area contributed by atoms with Crippen LogP contribution < -0.4 is 5.32 Å². The maximum Gasteiger partial charge on any atom is 0.418 e. The van der Waals surface area contributed by atoms with Crippen LogP contribution in [0.2, 0.25) is 0 Å². The Balaban J connectivity index is 2.96. The summed E-state index contributed by atoms with van der Waals surface area (Å²) >= 11 is 2.97. The Bertz CT molecular complexity index is 472. The van der Waals surface area contributed by atoms with Gasteiger partial charge in [-0.15, -0.1) is 0 Å². The Morgan fingerprint density at radius 2 is 2.11 bits per heavy atom. The molecule has 0 unspecified atom stereocenters. The number of ether oxygens (including phenoxy) is 1. The fourth-order valence-electron chi connectivity index (χ4n) is 1.14. The van der Waals surface area contributed by atoms with E-state index in [1.807, 2.05) is 0 Å². The van der Waals surface area contributed by atoms with Gasteiger partial charge in [0, 0.05) is 16.7 Å². The maximum atomic E-state index is 12.7. The molecule has 0 saturated heterocycles. The van der Waals surface area contributed by atoms with Gasteiger partial charge in [-0.2, -0.15) is 13.2 Å². The molecule has 0 aliphatic carbocycles. The van der Waals surface area contributed by atoms with Crippen LogP contribution in [0.15, 0.2) is 34.9 Å². The normalized spacial score (nSPS) is 11.6. The second-order valence-corrected chi connectivity index (χ2v) is 4.10. The van der Waals surface area contributed by atoms with Crippen LogP contribution >= 0.6 is 15.9 Å². The third-order valence-electron chi connectivity index (χ3n) is 1.95. The van der Waals surface area contributed by atoms with E-state index in [-0.39, 0.29) is 5.69 Å². The second kappa shape index (κ2) is 5.90. The fraction of sp³-hybridized carbons (Fsp3) is 0.182. The van der Waals surface area contributed by atoms with Gasteiger partial charge in [0.1, 0.15) is 0 Å². The summed E-state index contributed by atoms with van der Waals surface area (Å²) in [6, 6.07) is 3.67. The Morgan fingerprint density at radius 1 is 1.44 bits per heavy atom. The molecule has 0 bridgehead atoms.